The lowest BCUT2D eigenvalue weighted by atomic mass is 9.89. The minimum Gasteiger partial charge on any atom is -0.488 e. The van der Waals surface area contributed by atoms with Crippen LogP contribution in [0.15, 0.2) is 42.5 Å². The Labute approximate surface area is 251 Å². The zero-order valence-corrected chi connectivity index (χ0v) is 25.1. The Morgan fingerprint density at radius 2 is 1.72 bits per heavy atom. The van der Waals surface area contributed by atoms with Gasteiger partial charge < -0.3 is 30.3 Å². The van der Waals surface area contributed by atoms with Gasteiger partial charge >= 0.3 is 12.2 Å². The molecule has 0 aromatic heterocycles. The Morgan fingerprint density at radius 3 is 2.37 bits per heavy atom. The maximum absolute atomic E-state index is 13.5. The van der Waals surface area contributed by atoms with Crippen LogP contribution in [-0.2, 0) is 17.4 Å². The summed E-state index contributed by atoms with van der Waals surface area (Å²) in [5, 5.41) is 15.1. The second kappa shape index (κ2) is 14.4. The molecule has 0 spiro atoms. The second-order valence-electron chi connectivity index (χ2n) is 12.1. The predicted molar refractivity (Wildman–Crippen MR) is 160 cm³/mol. The van der Waals surface area contributed by atoms with Gasteiger partial charge in [-0.05, 0) is 75.2 Å². The number of carbonyl (C=O) groups excluding carboxylic acids is 2. The molecule has 0 radical (unpaired) electrons. The van der Waals surface area contributed by atoms with Crippen LogP contribution in [0.25, 0.3) is 0 Å². The van der Waals surface area contributed by atoms with Crippen LogP contribution in [0.5, 0.6) is 5.75 Å². The average molecular weight is 605 g/mol. The van der Waals surface area contributed by atoms with E-state index in [1.54, 1.807) is 23.1 Å². The van der Waals surface area contributed by atoms with Crippen LogP contribution < -0.4 is 15.4 Å². The van der Waals surface area contributed by atoms with E-state index < -0.39 is 17.8 Å². The summed E-state index contributed by atoms with van der Waals surface area (Å²) >= 11 is 0. The second-order valence-corrected chi connectivity index (χ2v) is 12.1. The number of nitrogens with zero attached hydrogens (tertiary/aromatic N) is 2. The monoisotopic (exact) mass is 604 g/mol. The summed E-state index contributed by atoms with van der Waals surface area (Å²) in [5.74, 6) is 1.07. The van der Waals surface area contributed by atoms with Gasteiger partial charge in [-0.15, -0.1) is 0 Å². The quantitative estimate of drug-likeness (QED) is 0.343. The molecule has 3 N–H and O–H groups in total. The lowest BCUT2D eigenvalue weighted by Gasteiger charge is -2.35. The van der Waals surface area contributed by atoms with Crippen molar-refractivity contribution in [1.82, 2.24) is 9.80 Å². The van der Waals surface area contributed by atoms with Gasteiger partial charge in [0.25, 0.3) is 0 Å². The number of ether oxygens (including phenoxy) is 1. The van der Waals surface area contributed by atoms with Crippen molar-refractivity contribution in [2.45, 2.75) is 70.7 Å². The van der Waals surface area contributed by atoms with E-state index in [4.69, 9.17) is 4.74 Å². The maximum atomic E-state index is 13.5. The summed E-state index contributed by atoms with van der Waals surface area (Å²) in [6.45, 7) is 5.84. The highest BCUT2D eigenvalue weighted by Gasteiger charge is 2.32. The fourth-order valence-corrected chi connectivity index (χ4v) is 5.95. The van der Waals surface area contributed by atoms with Crippen molar-refractivity contribution in [2.24, 2.45) is 11.8 Å². The van der Waals surface area contributed by atoms with Crippen LogP contribution in [-0.4, -0.2) is 72.3 Å². The fourth-order valence-electron chi connectivity index (χ4n) is 5.95. The highest BCUT2D eigenvalue weighted by molar-refractivity contribution is 6.00. The normalized spacial score (nSPS) is 20.8. The van der Waals surface area contributed by atoms with Crippen LogP contribution in [0.2, 0.25) is 0 Å². The third kappa shape index (κ3) is 9.09. The first-order valence-electron chi connectivity index (χ1n) is 15.1. The van der Waals surface area contributed by atoms with Crippen LogP contribution in [0.3, 0.4) is 0 Å². The molecule has 236 valence electrons. The van der Waals surface area contributed by atoms with E-state index in [1.807, 2.05) is 6.92 Å². The van der Waals surface area contributed by atoms with E-state index in [1.165, 1.54) is 44.2 Å². The molecule has 2 aliphatic rings. The van der Waals surface area contributed by atoms with E-state index in [0.29, 0.717) is 36.0 Å². The first-order valence-corrected chi connectivity index (χ1v) is 15.1. The molecule has 3 amide bonds. The lowest BCUT2D eigenvalue weighted by molar-refractivity contribution is -0.137. The number of nitrogens with one attached hydrogen (secondary N) is 2. The van der Waals surface area contributed by atoms with Crippen molar-refractivity contribution in [1.29, 1.82) is 0 Å². The molecule has 1 heterocycles. The van der Waals surface area contributed by atoms with Crippen molar-refractivity contribution in [3.05, 3.63) is 53.6 Å². The molecule has 0 saturated heterocycles. The van der Waals surface area contributed by atoms with E-state index in [2.05, 4.69) is 29.5 Å². The zero-order valence-electron chi connectivity index (χ0n) is 25.1. The molecule has 1 aliphatic heterocycles. The number of fused-ring (bicyclic) bond motifs is 1. The molecule has 0 bridgehead atoms. The number of alkyl halides is 3. The molecule has 4 rings (SSSR count). The number of anilines is 2. The molecule has 1 fully saturated rings. The predicted octanol–water partition coefficient (Wildman–Crippen LogP) is 6.01. The van der Waals surface area contributed by atoms with Gasteiger partial charge in [0.1, 0.15) is 11.9 Å². The van der Waals surface area contributed by atoms with Crippen molar-refractivity contribution in [2.75, 3.05) is 43.9 Å². The SMILES string of the molecule is C[C@@H]1CN([C@@H](C)CO)C(=O)Cc2cc(NC(=O)Nc3ccc(C(F)(F)F)cc3)ccc2O[C@@H]1CN(C)CC1CCCCC1. The molecule has 11 heteroatoms. The first-order chi connectivity index (χ1) is 20.4. The van der Waals surface area contributed by atoms with Gasteiger partial charge in [-0.3, -0.25) is 4.79 Å². The number of halogens is 3. The molecule has 2 aromatic rings. The molecule has 1 aliphatic carbocycles. The molecular weight excluding hydrogens is 561 g/mol. The first kappa shape index (κ1) is 32.6. The summed E-state index contributed by atoms with van der Waals surface area (Å²) in [5.41, 5.74) is 0.397. The average Bonchev–Trinajstić information content (AvgIpc) is 3.00. The van der Waals surface area contributed by atoms with Gasteiger partial charge in [0.15, 0.2) is 0 Å². The number of benzene rings is 2. The van der Waals surface area contributed by atoms with Gasteiger partial charge in [0, 0.05) is 42.5 Å². The van der Waals surface area contributed by atoms with Crippen molar-refractivity contribution < 1.29 is 32.6 Å². The molecular formula is C32H43F3N4O4. The van der Waals surface area contributed by atoms with Crippen LogP contribution in [0.4, 0.5) is 29.3 Å². The zero-order chi connectivity index (χ0) is 31.1. The summed E-state index contributed by atoms with van der Waals surface area (Å²) in [4.78, 5) is 30.1. The van der Waals surface area contributed by atoms with E-state index in [-0.39, 0.29) is 42.7 Å². The number of aliphatic hydroxyl groups is 1. The van der Waals surface area contributed by atoms with Crippen LogP contribution in [0.1, 0.15) is 57.1 Å². The third-order valence-corrected chi connectivity index (χ3v) is 8.43. The smallest absolute Gasteiger partial charge is 0.416 e. The third-order valence-electron chi connectivity index (χ3n) is 8.43. The number of likely N-dealkylation sites (N-methyl/N-ethyl adjacent to an activating group) is 1. The van der Waals surface area contributed by atoms with Gasteiger partial charge in [-0.25, -0.2) is 4.79 Å². The van der Waals surface area contributed by atoms with Crippen molar-refractivity contribution in [3.63, 3.8) is 0 Å². The van der Waals surface area contributed by atoms with Gasteiger partial charge in [-0.2, -0.15) is 13.2 Å². The van der Waals surface area contributed by atoms with Crippen LogP contribution in [0, 0.1) is 11.8 Å². The fraction of sp³-hybridized carbons (Fsp3) is 0.562. The van der Waals surface area contributed by atoms with Gasteiger partial charge in [0.05, 0.1) is 24.6 Å². The summed E-state index contributed by atoms with van der Waals surface area (Å²) < 4.78 is 45.2. The topological polar surface area (TPSA) is 94.1 Å². The van der Waals surface area contributed by atoms with Gasteiger partial charge in [0.2, 0.25) is 5.91 Å². The number of aliphatic hydroxyl groups excluding tert-OH is 1. The Hall–Kier alpha value is -3.31. The maximum Gasteiger partial charge on any atom is 0.416 e. The summed E-state index contributed by atoms with van der Waals surface area (Å²) in [7, 11) is 2.11. The Balaban J connectivity index is 1.51. The largest absolute Gasteiger partial charge is 0.488 e. The summed E-state index contributed by atoms with van der Waals surface area (Å²) in [6.07, 6.45) is 1.68. The number of rotatable bonds is 8. The van der Waals surface area contributed by atoms with Gasteiger partial charge in [-0.1, -0.05) is 26.2 Å². The standard InChI is InChI=1S/C32H43F3N4O4/c1-21-17-39(22(2)20-40)30(41)16-24-15-27(37-31(42)36-26-11-9-25(10-12-26)32(33,34)35)13-14-28(24)43-29(21)19-38(3)18-23-7-5-4-6-8-23/h9-15,21-23,29,40H,4-8,16-20H2,1-3H3,(H2,36,37,42)/t21-,22+,29-/m1/s1. The number of hydrogen-bond acceptors (Lipinski definition) is 5. The van der Waals surface area contributed by atoms with Crippen molar-refractivity contribution >= 4 is 23.3 Å². The Morgan fingerprint density at radius 1 is 1.07 bits per heavy atom. The lowest BCUT2D eigenvalue weighted by Crippen LogP contribution is -2.48. The number of urea groups is 1. The van der Waals surface area contributed by atoms with E-state index >= 15 is 0 Å². The molecule has 0 unspecified atom stereocenters. The molecule has 8 nitrogen and oxygen atoms in total. The number of hydrogen-bond donors (Lipinski definition) is 3. The van der Waals surface area contributed by atoms with Crippen molar-refractivity contribution in [3.8, 4) is 5.75 Å². The molecule has 3 atom stereocenters. The highest BCUT2D eigenvalue weighted by atomic mass is 19.4. The Bertz CT molecular complexity index is 1230. The highest BCUT2D eigenvalue weighted by Crippen LogP contribution is 2.31. The number of carbonyl (C=O) groups is 2. The van der Waals surface area contributed by atoms with E-state index in [9.17, 15) is 27.9 Å². The molecule has 1 saturated carbocycles. The molecule has 2 aromatic carbocycles. The summed E-state index contributed by atoms with van der Waals surface area (Å²) in [6, 6.07) is 8.25. The minimum atomic E-state index is -4.47. The Kier molecular flexibility index (Phi) is 10.9. The van der Waals surface area contributed by atoms with Crippen LogP contribution >= 0.6 is 0 Å². The minimum absolute atomic E-state index is 0.00924. The number of amides is 3. The molecule has 43 heavy (non-hydrogen) atoms. The van der Waals surface area contributed by atoms with E-state index in [0.717, 1.165) is 18.7 Å².